The quantitative estimate of drug-likeness (QED) is 0.203. The SMILES string of the molecule is C/C1=C\[C@H](C)C[C@H](C)OC(=O)C[C@H](c2ccc(O)cc2)NC(=O)C(Cc2c(Br)[nH]c3ccccc23)N(C)C(=O)[C@H](C)NC(=O)[C@@H](C)C1. The number of likely N-dealkylation sites (N-methyl/N-ethyl adjacent to an activating group) is 1. The molecule has 4 N–H and O–H groups in total. The Hall–Kier alpha value is -4.12. The van der Waals surface area contributed by atoms with E-state index in [1.807, 2.05) is 52.0 Å². The van der Waals surface area contributed by atoms with Crippen LogP contribution in [-0.2, 0) is 30.3 Å². The number of para-hydroxylation sites is 1. The van der Waals surface area contributed by atoms with Crippen molar-refractivity contribution in [2.45, 2.75) is 84.5 Å². The number of cyclic esters (lactones) is 1. The van der Waals surface area contributed by atoms with Crippen LogP contribution >= 0.6 is 15.9 Å². The summed E-state index contributed by atoms with van der Waals surface area (Å²) in [5.41, 5.74) is 3.29. The molecule has 0 radical (unpaired) electrons. The van der Waals surface area contributed by atoms with Crippen LogP contribution in [0.15, 0.2) is 64.8 Å². The van der Waals surface area contributed by atoms with Gasteiger partial charge in [0.25, 0.3) is 0 Å². The molecule has 2 aromatic carbocycles. The maximum absolute atomic E-state index is 14.3. The van der Waals surface area contributed by atoms with Crippen molar-refractivity contribution >= 4 is 50.5 Å². The van der Waals surface area contributed by atoms with Gasteiger partial charge in [-0.2, -0.15) is 0 Å². The second kappa shape index (κ2) is 15.6. The summed E-state index contributed by atoms with van der Waals surface area (Å²) >= 11 is 3.60. The Kier molecular flexibility index (Phi) is 11.9. The van der Waals surface area contributed by atoms with E-state index in [2.05, 4.69) is 37.6 Å². The van der Waals surface area contributed by atoms with Crippen LogP contribution in [0.4, 0.5) is 0 Å². The molecule has 1 unspecified atom stereocenters. The summed E-state index contributed by atoms with van der Waals surface area (Å²) in [7, 11) is 1.55. The van der Waals surface area contributed by atoms with Gasteiger partial charge in [0.1, 0.15) is 17.8 Å². The lowest BCUT2D eigenvalue weighted by atomic mass is 9.95. The van der Waals surface area contributed by atoms with Crippen LogP contribution in [-0.4, -0.2) is 63.9 Å². The van der Waals surface area contributed by atoms with Gasteiger partial charge in [0, 0.05) is 30.3 Å². The average molecular weight is 710 g/mol. The largest absolute Gasteiger partial charge is 0.508 e. The molecule has 0 fully saturated rings. The predicted molar refractivity (Wildman–Crippen MR) is 184 cm³/mol. The van der Waals surface area contributed by atoms with Gasteiger partial charge in [0.15, 0.2) is 0 Å². The third kappa shape index (κ3) is 9.24. The number of aromatic hydroxyl groups is 1. The summed E-state index contributed by atoms with van der Waals surface area (Å²) in [6.07, 6.45) is 2.76. The van der Waals surface area contributed by atoms with Crippen LogP contribution in [0.2, 0.25) is 0 Å². The van der Waals surface area contributed by atoms with E-state index in [0.717, 1.165) is 22.0 Å². The second-order valence-corrected chi connectivity index (χ2v) is 13.6. The van der Waals surface area contributed by atoms with E-state index in [4.69, 9.17) is 4.74 Å². The van der Waals surface area contributed by atoms with Crippen molar-refractivity contribution in [1.82, 2.24) is 20.5 Å². The molecule has 1 aliphatic heterocycles. The van der Waals surface area contributed by atoms with E-state index >= 15 is 0 Å². The molecule has 10 nitrogen and oxygen atoms in total. The molecular formula is C36H45BrN4O6. The number of aromatic nitrogens is 1. The zero-order valence-corrected chi connectivity index (χ0v) is 29.4. The molecule has 11 heteroatoms. The van der Waals surface area contributed by atoms with Crippen LogP contribution in [0.1, 0.15) is 71.0 Å². The van der Waals surface area contributed by atoms with E-state index in [1.54, 1.807) is 26.1 Å². The van der Waals surface area contributed by atoms with Gasteiger partial charge in [-0.3, -0.25) is 19.2 Å². The maximum Gasteiger partial charge on any atom is 0.308 e. The number of aromatic amines is 1. The number of nitrogens with zero attached hydrogens (tertiary/aromatic N) is 1. The first-order valence-corrected chi connectivity index (χ1v) is 16.8. The number of carbonyl (C=O) groups excluding carboxylic acids is 4. The van der Waals surface area contributed by atoms with E-state index < -0.39 is 42.0 Å². The number of fused-ring (bicyclic) bond motifs is 1. The summed E-state index contributed by atoms with van der Waals surface area (Å²) < 4.78 is 6.47. The van der Waals surface area contributed by atoms with Crippen molar-refractivity contribution in [3.05, 3.63) is 75.9 Å². The van der Waals surface area contributed by atoms with Crippen LogP contribution in [0, 0.1) is 11.8 Å². The topological polar surface area (TPSA) is 141 Å². The maximum atomic E-state index is 14.3. The van der Waals surface area contributed by atoms with Gasteiger partial charge >= 0.3 is 5.97 Å². The number of benzene rings is 2. The van der Waals surface area contributed by atoms with Crippen LogP contribution < -0.4 is 10.6 Å². The van der Waals surface area contributed by atoms with Crippen LogP contribution in [0.25, 0.3) is 10.9 Å². The van der Waals surface area contributed by atoms with Crippen molar-refractivity contribution in [3.8, 4) is 5.75 Å². The molecule has 47 heavy (non-hydrogen) atoms. The van der Waals surface area contributed by atoms with Gasteiger partial charge in [-0.15, -0.1) is 0 Å². The molecule has 1 aliphatic rings. The molecule has 252 valence electrons. The summed E-state index contributed by atoms with van der Waals surface area (Å²) in [4.78, 5) is 59.2. The summed E-state index contributed by atoms with van der Waals surface area (Å²) in [6, 6.07) is 11.2. The van der Waals surface area contributed by atoms with E-state index in [9.17, 15) is 24.3 Å². The van der Waals surface area contributed by atoms with Gasteiger partial charge < -0.3 is 30.4 Å². The summed E-state index contributed by atoms with van der Waals surface area (Å²) in [6.45, 7) is 9.27. The highest BCUT2D eigenvalue weighted by atomic mass is 79.9. The molecule has 0 saturated carbocycles. The van der Waals surface area contributed by atoms with Gasteiger partial charge in [0.2, 0.25) is 17.7 Å². The number of allylic oxidation sites excluding steroid dienone is 2. The number of amides is 3. The molecule has 1 aromatic heterocycles. The third-order valence-corrected chi connectivity index (χ3v) is 9.35. The highest BCUT2D eigenvalue weighted by molar-refractivity contribution is 9.10. The normalized spacial score (nSPS) is 27.1. The van der Waals surface area contributed by atoms with Crippen molar-refractivity contribution in [3.63, 3.8) is 0 Å². The fourth-order valence-corrected chi connectivity index (χ4v) is 6.87. The van der Waals surface area contributed by atoms with Crippen molar-refractivity contribution in [2.75, 3.05) is 7.05 Å². The first kappa shape index (κ1) is 35.7. The van der Waals surface area contributed by atoms with Crippen molar-refractivity contribution in [2.24, 2.45) is 11.8 Å². The van der Waals surface area contributed by atoms with Crippen LogP contribution in [0.5, 0.6) is 5.75 Å². The minimum Gasteiger partial charge on any atom is -0.508 e. The summed E-state index contributed by atoms with van der Waals surface area (Å²) in [5, 5.41) is 16.7. The Bertz CT molecular complexity index is 1630. The molecule has 0 saturated heterocycles. The molecule has 6 atom stereocenters. The molecule has 0 spiro atoms. The van der Waals surface area contributed by atoms with Crippen LogP contribution in [0.3, 0.4) is 0 Å². The average Bonchev–Trinajstić information content (AvgIpc) is 3.32. The van der Waals surface area contributed by atoms with Gasteiger partial charge in [0.05, 0.1) is 23.2 Å². The zero-order valence-electron chi connectivity index (χ0n) is 27.8. The monoisotopic (exact) mass is 708 g/mol. The van der Waals surface area contributed by atoms with Gasteiger partial charge in [-0.1, -0.05) is 55.8 Å². The lowest BCUT2D eigenvalue weighted by molar-refractivity contribution is -0.149. The fraction of sp³-hybridized carbons (Fsp3) is 0.444. The van der Waals surface area contributed by atoms with E-state index in [0.29, 0.717) is 23.0 Å². The highest BCUT2D eigenvalue weighted by Crippen LogP contribution is 2.29. The second-order valence-electron chi connectivity index (χ2n) is 12.9. The zero-order chi connectivity index (χ0) is 34.4. The minimum atomic E-state index is -1.02. The fourth-order valence-electron chi connectivity index (χ4n) is 6.28. The Morgan fingerprint density at radius 1 is 0.936 bits per heavy atom. The number of H-pyrrole nitrogens is 1. The number of ether oxygens (including phenoxy) is 1. The molecule has 3 amide bonds. The molecule has 3 aromatic rings. The number of nitrogens with one attached hydrogen (secondary N) is 3. The number of phenolic OH excluding ortho intramolecular Hbond substituents is 1. The Labute approximate surface area is 284 Å². The Balaban J connectivity index is 1.74. The number of phenols is 1. The van der Waals surface area contributed by atoms with E-state index in [-0.39, 0.29) is 36.3 Å². The first-order chi connectivity index (χ1) is 22.2. The standard InChI is InChI=1S/C36H45BrN4O6/c1-20-15-21(2)17-23(4)47-32(43)19-30(25-11-13-26(42)14-12-25)40-35(45)31(18-28-27-9-7-8-10-29(27)39-33(28)37)41(6)36(46)24(5)38-34(44)22(3)16-20/h7-15,21-24,30-31,39,42H,16-19H2,1-6H3,(H,38,44)(H,40,45)/b20-15+/t21-,22-,23-,24-,30+,31?/m0/s1. The minimum absolute atomic E-state index is 0.0439. The van der Waals surface area contributed by atoms with Gasteiger partial charge in [-0.05, 0) is 84.8 Å². The highest BCUT2D eigenvalue weighted by Gasteiger charge is 2.34. The van der Waals surface area contributed by atoms with Crippen molar-refractivity contribution < 1.29 is 29.0 Å². The predicted octanol–water partition coefficient (Wildman–Crippen LogP) is 5.70. The number of halogens is 1. The number of esters is 1. The summed E-state index contributed by atoms with van der Waals surface area (Å²) in [5.74, 6) is -1.93. The smallest absolute Gasteiger partial charge is 0.308 e. The number of carbonyl (C=O) groups is 4. The van der Waals surface area contributed by atoms with Crippen molar-refractivity contribution in [1.29, 1.82) is 0 Å². The van der Waals surface area contributed by atoms with Gasteiger partial charge in [-0.25, -0.2) is 0 Å². The molecule has 0 bridgehead atoms. The Morgan fingerprint density at radius 2 is 1.62 bits per heavy atom. The molecule has 4 rings (SSSR count). The third-order valence-electron chi connectivity index (χ3n) is 8.67. The van der Waals surface area contributed by atoms with E-state index in [1.165, 1.54) is 17.0 Å². The molecule has 0 aliphatic carbocycles. The number of hydrogen-bond acceptors (Lipinski definition) is 6. The first-order valence-electron chi connectivity index (χ1n) is 16.0. The molecular weight excluding hydrogens is 664 g/mol. The Morgan fingerprint density at radius 3 is 2.32 bits per heavy atom. The number of rotatable bonds is 3. The molecule has 2 heterocycles. The lowest BCUT2D eigenvalue weighted by Crippen LogP contribution is -2.55. The lowest BCUT2D eigenvalue weighted by Gasteiger charge is -2.31. The number of hydrogen-bond donors (Lipinski definition) is 4.